The van der Waals surface area contributed by atoms with Crippen molar-refractivity contribution in [2.75, 3.05) is 19.4 Å². The van der Waals surface area contributed by atoms with Crippen LogP contribution in [-0.2, 0) is 6.54 Å². The summed E-state index contributed by atoms with van der Waals surface area (Å²) in [5, 5.41) is 3.25. The van der Waals surface area contributed by atoms with Crippen LogP contribution in [0.25, 0.3) is 0 Å². The Morgan fingerprint density at radius 2 is 1.95 bits per heavy atom. The van der Waals surface area contributed by atoms with E-state index in [4.69, 9.17) is 0 Å². The minimum absolute atomic E-state index is 0.0381. The van der Waals surface area contributed by atoms with E-state index in [1.807, 2.05) is 31.2 Å². The third-order valence-electron chi connectivity index (χ3n) is 3.26. The molecule has 2 aromatic rings. The van der Waals surface area contributed by atoms with E-state index in [9.17, 15) is 9.18 Å². The number of benzene rings is 2. The van der Waals surface area contributed by atoms with Crippen LogP contribution in [0, 0.1) is 12.7 Å². The number of nitrogens with one attached hydrogen (secondary N) is 1. The van der Waals surface area contributed by atoms with Crippen molar-refractivity contribution >= 4 is 11.6 Å². The lowest BCUT2D eigenvalue weighted by atomic mass is 10.1. The summed E-state index contributed by atoms with van der Waals surface area (Å²) in [6.07, 6.45) is 0. The highest BCUT2D eigenvalue weighted by atomic mass is 19.1. The molecule has 1 amide bonds. The summed E-state index contributed by atoms with van der Waals surface area (Å²) in [6, 6.07) is 12.0. The van der Waals surface area contributed by atoms with Crippen LogP contribution in [0.2, 0.25) is 0 Å². The average molecular weight is 286 g/mol. The minimum Gasteiger partial charge on any atom is -0.381 e. The van der Waals surface area contributed by atoms with Crippen LogP contribution in [0.15, 0.2) is 42.5 Å². The van der Waals surface area contributed by atoms with Crippen molar-refractivity contribution in [3.63, 3.8) is 0 Å². The van der Waals surface area contributed by atoms with Crippen molar-refractivity contribution in [3.8, 4) is 0 Å². The fraction of sp³-hybridized carbons (Fsp3) is 0.235. The van der Waals surface area contributed by atoms with Crippen LogP contribution in [0.1, 0.15) is 21.5 Å². The van der Waals surface area contributed by atoms with Gasteiger partial charge in [-0.25, -0.2) is 4.39 Å². The van der Waals surface area contributed by atoms with Crippen LogP contribution in [0.4, 0.5) is 10.1 Å². The second-order valence-corrected chi connectivity index (χ2v) is 5.21. The van der Waals surface area contributed by atoms with Crippen molar-refractivity contribution in [2.24, 2.45) is 0 Å². The minimum atomic E-state index is -0.248. The van der Waals surface area contributed by atoms with E-state index in [1.54, 1.807) is 25.1 Å². The van der Waals surface area contributed by atoms with Crippen molar-refractivity contribution in [3.05, 3.63) is 65.0 Å². The first-order chi connectivity index (χ1) is 9.97. The Balaban J connectivity index is 2.16. The highest BCUT2D eigenvalue weighted by molar-refractivity contribution is 5.95. The predicted octanol–water partition coefficient (Wildman–Crippen LogP) is 3.45. The molecule has 0 unspecified atom stereocenters. The summed E-state index contributed by atoms with van der Waals surface area (Å²) in [5.41, 5.74) is 3.42. The number of amides is 1. The highest BCUT2D eigenvalue weighted by Gasteiger charge is 2.09. The molecule has 3 nitrogen and oxygen atoms in total. The highest BCUT2D eigenvalue weighted by Crippen LogP contribution is 2.19. The summed E-state index contributed by atoms with van der Waals surface area (Å²) < 4.78 is 13.2. The van der Waals surface area contributed by atoms with E-state index in [1.165, 1.54) is 12.1 Å². The molecule has 0 radical (unpaired) electrons. The van der Waals surface area contributed by atoms with Crippen molar-refractivity contribution in [1.29, 1.82) is 0 Å². The molecule has 0 aromatic heterocycles. The third-order valence-corrected chi connectivity index (χ3v) is 3.26. The van der Waals surface area contributed by atoms with E-state index in [0.717, 1.165) is 16.8 Å². The number of nitrogens with zero attached hydrogens (tertiary/aromatic N) is 1. The smallest absolute Gasteiger partial charge is 0.253 e. The summed E-state index contributed by atoms with van der Waals surface area (Å²) in [4.78, 5) is 13.5. The number of hydrogen-bond donors (Lipinski definition) is 1. The van der Waals surface area contributed by atoms with Gasteiger partial charge in [-0.1, -0.05) is 18.2 Å². The van der Waals surface area contributed by atoms with E-state index in [0.29, 0.717) is 12.1 Å². The maximum absolute atomic E-state index is 13.2. The van der Waals surface area contributed by atoms with Crippen molar-refractivity contribution < 1.29 is 9.18 Å². The Hall–Kier alpha value is -2.36. The number of halogens is 1. The molecule has 0 fully saturated rings. The molecule has 2 rings (SSSR count). The quantitative estimate of drug-likeness (QED) is 0.933. The first-order valence-corrected chi connectivity index (χ1v) is 6.78. The maximum Gasteiger partial charge on any atom is 0.253 e. The molecule has 110 valence electrons. The van der Waals surface area contributed by atoms with E-state index in [-0.39, 0.29) is 11.7 Å². The maximum atomic E-state index is 13.2. The number of carbonyl (C=O) groups excluding carboxylic acids is 1. The Labute approximate surface area is 124 Å². The van der Waals surface area contributed by atoms with Crippen LogP contribution in [0.3, 0.4) is 0 Å². The van der Waals surface area contributed by atoms with Gasteiger partial charge in [0.25, 0.3) is 5.91 Å². The van der Waals surface area contributed by atoms with Gasteiger partial charge in [0.1, 0.15) is 5.82 Å². The first kappa shape index (κ1) is 15.0. The van der Waals surface area contributed by atoms with Crippen molar-refractivity contribution in [1.82, 2.24) is 4.90 Å². The number of hydrogen-bond acceptors (Lipinski definition) is 2. The van der Waals surface area contributed by atoms with E-state index >= 15 is 0 Å². The van der Waals surface area contributed by atoms with Gasteiger partial charge in [0.05, 0.1) is 0 Å². The van der Waals surface area contributed by atoms with Crippen LogP contribution < -0.4 is 5.32 Å². The fourth-order valence-electron chi connectivity index (χ4n) is 2.05. The summed E-state index contributed by atoms with van der Waals surface area (Å²) in [7, 11) is 3.45. The number of anilines is 1. The normalized spacial score (nSPS) is 10.3. The summed E-state index contributed by atoms with van der Waals surface area (Å²) in [5.74, 6) is -0.286. The van der Waals surface area contributed by atoms with Gasteiger partial charge in [-0.3, -0.25) is 4.79 Å². The lowest BCUT2D eigenvalue weighted by molar-refractivity contribution is 0.0827. The molecule has 0 bridgehead atoms. The molecule has 1 N–H and O–H groups in total. The topological polar surface area (TPSA) is 32.3 Å². The first-order valence-electron chi connectivity index (χ1n) is 6.78. The second-order valence-electron chi connectivity index (χ2n) is 5.21. The van der Waals surface area contributed by atoms with Gasteiger partial charge in [-0.15, -0.1) is 0 Å². The molecule has 0 saturated carbocycles. The standard InChI is InChI=1S/C17H19FN2O/c1-12-7-8-14(17(21)20(2)3)10-16(12)19-11-13-5-4-6-15(18)9-13/h4-10,19H,11H2,1-3H3. The molecule has 0 aliphatic rings. The zero-order chi connectivity index (χ0) is 15.4. The molecule has 0 heterocycles. The molecular formula is C17H19FN2O. The van der Waals surface area contributed by atoms with E-state index < -0.39 is 0 Å². The summed E-state index contributed by atoms with van der Waals surface area (Å²) >= 11 is 0. The van der Waals surface area contributed by atoms with Gasteiger partial charge >= 0.3 is 0 Å². The van der Waals surface area contributed by atoms with Gasteiger partial charge in [0.15, 0.2) is 0 Å². The predicted molar refractivity (Wildman–Crippen MR) is 82.9 cm³/mol. The average Bonchev–Trinajstić information content (AvgIpc) is 2.45. The Kier molecular flexibility index (Phi) is 4.58. The zero-order valence-corrected chi connectivity index (χ0v) is 12.5. The van der Waals surface area contributed by atoms with Crippen LogP contribution >= 0.6 is 0 Å². The Morgan fingerprint density at radius 1 is 1.19 bits per heavy atom. The molecule has 0 saturated heterocycles. The van der Waals surface area contributed by atoms with Gasteiger partial charge in [0, 0.05) is 31.9 Å². The number of aryl methyl sites for hydroxylation is 1. The SMILES string of the molecule is Cc1ccc(C(=O)N(C)C)cc1NCc1cccc(F)c1. The molecule has 0 spiro atoms. The van der Waals surface area contributed by atoms with Gasteiger partial charge < -0.3 is 10.2 Å². The zero-order valence-electron chi connectivity index (χ0n) is 12.5. The summed E-state index contributed by atoms with van der Waals surface area (Å²) in [6.45, 7) is 2.48. The molecule has 0 aliphatic heterocycles. The molecule has 4 heteroatoms. The number of carbonyl (C=O) groups is 1. The molecular weight excluding hydrogens is 267 g/mol. The fourth-order valence-corrected chi connectivity index (χ4v) is 2.05. The molecule has 21 heavy (non-hydrogen) atoms. The monoisotopic (exact) mass is 286 g/mol. The van der Waals surface area contributed by atoms with Gasteiger partial charge in [-0.2, -0.15) is 0 Å². The van der Waals surface area contributed by atoms with E-state index in [2.05, 4.69) is 5.32 Å². The lowest BCUT2D eigenvalue weighted by Gasteiger charge is -2.14. The third kappa shape index (κ3) is 3.81. The van der Waals surface area contributed by atoms with Crippen LogP contribution in [0.5, 0.6) is 0 Å². The molecule has 0 atom stereocenters. The second kappa shape index (κ2) is 6.39. The van der Waals surface area contributed by atoms with Crippen LogP contribution in [-0.4, -0.2) is 24.9 Å². The molecule has 2 aromatic carbocycles. The van der Waals surface area contributed by atoms with Gasteiger partial charge in [-0.05, 0) is 42.3 Å². The van der Waals surface area contributed by atoms with Crippen molar-refractivity contribution in [2.45, 2.75) is 13.5 Å². The number of rotatable bonds is 4. The lowest BCUT2D eigenvalue weighted by Crippen LogP contribution is -2.21. The van der Waals surface area contributed by atoms with Gasteiger partial charge in [0.2, 0.25) is 0 Å². The largest absolute Gasteiger partial charge is 0.381 e. The Morgan fingerprint density at radius 3 is 2.62 bits per heavy atom. The molecule has 0 aliphatic carbocycles. The Bertz CT molecular complexity index is 653.